The minimum absolute atomic E-state index is 0.0499. The molecule has 0 radical (unpaired) electrons. The zero-order chi connectivity index (χ0) is 15.2. The molecule has 118 valence electrons. The number of aliphatic hydroxyl groups is 2. The summed E-state index contributed by atoms with van der Waals surface area (Å²) in [6, 6.07) is 5.66. The maximum atomic E-state index is 9.83. The first-order valence-corrected chi connectivity index (χ1v) is 7.32. The van der Waals surface area contributed by atoms with Crippen LogP contribution in [-0.2, 0) is 15.9 Å². The van der Waals surface area contributed by atoms with E-state index in [2.05, 4.69) is 0 Å². The highest BCUT2D eigenvalue weighted by Gasteiger charge is 2.20. The number of ether oxygens (including phenoxy) is 3. The summed E-state index contributed by atoms with van der Waals surface area (Å²) in [5.74, 6) is 0.715. The second-order valence-electron chi connectivity index (χ2n) is 5.48. The van der Waals surface area contributed by atoms with Gasteiger partial charge in [0.2, 0.25) is 0 Å². The molecule has 3 atom stereocenters. The Bertz CT molecular complexity index is 448. The largest absolute Gasteiger partial charge is 0.491 e. The van der Waals surface area contributed by atoms with Crippen molar-refractivity contribution >= 4 is 0 Å². The molecule has 0 spiro atoms. The summed E-state index contributed by atoms with van der Waals surface area (Å²) in [7, 11) is 1.62. The van der Waals surface area contributed by atoms with Crippen LogP contribution in [0.1, 0.15) is 30.6 Å². The molecule has 0 fully saturated rings. The van der Waals surface area contributed by atoms with Crippen LogP contribution in [0, 0.1) is 0 Å². The van der Waals surface area contributed by atoms with Crippen LogP contribution in [0.15, 0.2) is 18.2 Å². The Balaban J connectivity index is 1.75. The molecule has 5 heteroatoms. The van der Waals surface area contributed by atoms with E-state index in [4.69, 9.17) is 14.2 Å². The highest BCUT2D eigenvalue weighted by Crippen LogP contribution is 2.33. The normalized spacial score (nSPS) is 20.1. The molecule has 2 N–H and O–H groups in total. The average molecular weight is 296 g/mol. The third-order valence-corrected chi connectivity index (χ3v) is 3.58. The van der Waals surface area contributed by atoms with Gasteiger partial charge in [0.1, 0.15) is 18.5 Å². The molecule has 0 saturated heterocycles. The molecule has 21 heavy (non-hydrogen) atoms. The van der Waals surface area contributed by atoms with E-state index in [9.17, 15) is 10.2 Å². The molecule has 0 heterocycles. The summed E-state index contributed by atoms with van der Waals surface area (Å²) in [6.07, 6.45) is 0.560. The van der Waals surface area contributed by atoms with Crippen LogP contribution < -0.4 is 4.74 Å². The third-order valence-electron chi connectivity index (χ3n) is 3.58. The number of hydrogen-bond donors (Lipinski definition) is 2. The lowest BCUT2D eigenvalue weighted by Crippen LogP contribution is -2.27. The minimum Gasteiger partial charge on any atom is -0.491 e. The Hall–Kier alpha value is -1.14. The topological polar surface area (TPSA) is 68.2 Å². The van der Waals surface area contributed by atoms with E-state index >= 15 is 0 Å². The lowest BCUT2D eigenvalue weighted by molar-refractivity contribution is -0.0423. The maximum Gasteiger partial charge on any atom is 0.119 e. The molecule has 5 nitrogen and oxygen atoms in total. The summed E-state index contributed by atoms with van der Waals surface area (Å²) in [5.41, 5.74) is 2.11. The number of benzene rings is 1. The Kier molecular flexibility index (Phi) is 5.99. The molecule has 1 aliphatic carbocycles. The second kappa shape index (κ2) is 7.75. The predicted molar refractivity (Wildman–Crippen MR) is 78.5 cm³/mol. The lowest BCUT2D eigenvalue weighted by Gasteiger charge is -2.16. The zero-order valence-electron chi connectivity index (χ0n) is 12.6. The van der Waals surface area contributed by atoms with Gasteiger partial charge in [-0.15, -0.1) is 0 Å². The fourth-order valence-electron chi connectivity index (χ4n) is 2.46. The fraction of sp³-hybridized carbons (Fsp3) is 0.625. The van der Waals surface area contributed by atoms with Gasteiger partial charge in [-0.05, 0) is 43.0 Å². The van der Waals surface area contributed by atoms with Gasteiger partial charge >= 0.3 is 0 Å². The van der Waals surface area contributed by atoms with Crippen molar-refractivity contribution in [3.05, 3.63) is 29.3 Å². The predicted octanol–water partition coefficient (Wildman–Crippen LogP) is 1.46. The molecule has 0 bridgehead atoms. The van der Waals surface area contributed by atoms with Gasteiger partial charge in [0.15, 0.2) is 0 Å². The van der Waals surface area contributed by atoms with Gasteiger partial charge in [-0.1, -0.05) is 6.07 Å². The van der Waals surface area contributed by atoms with Gasteiger partial charge < -0.3 is 24.4 Å². The van der Waals surface area contributed by atoms with E-state index in [1.165, 1.54) is 0 Å². The smallest absolute Gasteiger partial charge is 0.119 e. The molecule has 0 aliphatic heterocycles. The molecule has 0 amide bonds. The second-order valence-corrected chi connectivity index (χ2v) is 5.48. The van der Waals surface area contributed by atoms with E-state index in [1.807, 2.05) is 25.1 Å². The van der Waals surface area contributed by atoms with Crippen molar-refractivity contribution in [3.63, 3.8) is 0 Å². The molecule has 1 aromatic carbocycles. The number of methoxy groups -OCH3 is 1. The highest BCUT2D eigenvalue weighted by atomic mass is 16.5. The number of aliphatic hydroxyl groups excluding tert-OH is 2. The van der Waals surface area contributed by atoms with Crippen molar-refractivity contribution in [3.8, 4) is 5.75 Å². The zero-order valence-corrected chi connectivity index (χ0v) is 12.6. The molecular weight excluding hydrogens is 272 g/mol. The van der Waals surface area contributed by atoms with Gasteiger partial charge in [-0.2, -0.15) is 0 Å². The quantitative estimate of drug-likeness (QED) is 0.760. The minimum atomic E-state index is -0.678. The number of fused-ring (bicyclic) bond motifs is 1. The van der Waals surface area contributed by atoms with Crippen LogP contribution in [0.2, 0.25) is 0 Å². The van der Waals surface area contributed by atoms with E-state index in [1.54, 1.807) is 7.11 Å². The van der Waals surface area contributed by atoms with Crippen molar-refractivity contribution in [1.82, 2.24) is 0 Å². The van der Waals surface area contributed by atoms with E-state index in [0.29, 0.717) is 12.4 Å². The molecule has 1 aliphatic rings. The summed E-state index contributed by atoms with van der Waals surface area (Å²) >= 11 is 0. The molecule has 0 aromatic heterocycles. The Morgan fingerprint density at radius 2 is 2.10 bits per heavy atom. The van der Waals surface area contributed by atoms with E-state index < -0.39 is 6.10 Å². The molecule has 1 aromatic rings. The maximum absolute atomic E-state index is 9.83. The Labute approximate surface area is 125 Å². The van der Waals surface area contributed by atoms with Gasteiger partial charge in [-0.25, -0.2) is 0 Å². The van der Waals surface area contributed by atoms with Crippen LogP contribution in [0.4, 0.5) is 0 Å². The fourth-order valence-corrected chi connectivity index (χ4v) is 2.46. The van der Waals surface area contributed by atoms with E-state index in [0.717, 1.165) is 24.0 Å². The Morgan fingerprint density at radius 3 is 2.86 bits per heavy atom. The first-order valence-electron chi connectivity index (χ1n) is 7.32. The van der Waals surface area contributed by atoms with Crippen LogP contribution in [-0.4, -0.2) is 49.4 Å². The monoisotopic (exact) mass is 296 g/mol. The summed E-state index contributed by atoms with van der Waals surface area (Å²) < 4.78 is 16.0. The van der Waals surface area contributed by atoms with Gasteiger partial charge in [0.05, 0.1) is 25.4 Å². The van der Waals surface area contributed by atoms with Crippen LogP contribution in [0.25, 0.3) is 0 Å². The number of aryl methyl sites for hydroxylation is 1. The SMILES string of the molecule is COCC(C)OCC(O)COc1ccc2c(c1)CC[C@H]2O. The Morgan fingerprint density at radius 1 is 1.29 bits per heavy atom. The highest BCUT2D eigenvalue weighted by molar-refractivity contribution is 5.39. The molecule has 0 saturated carbocycles. The standard InChI is InChI=1S/C16H24O5/c1-11(8-19-2)20-9-13(17)10-21-14-4-5-15-12(7-14)3-6-16(15)18/h4-5,7,11,13,16-18H,3,6,8-10H2,1-2H3/t11?,13?,16-/m1/s1. The molecule has 2 rings (SSSR count). The van der Waals surface area contributed by atoms with Crippen LogP contribution >= 0.6 is 0 Å². The summed E-state index contributed by atoms with van der Waals surface area (Å²) in [4.78, 5) is 0. The van der Waals surface area contributed by atoms with Crippen LogP contribution in [0.3, 0.4) is 0 Å². The van der Waals surface area contributed by atoms with Crippen molar-refractivity contribution in [1.29, 1.82) is 0 Å². The van der Waals surface area contributed by atoms with Gasteiger partial charge in [-0.3, -0.25) is 0 Å². The summed E-state index contributed by atoms with van der Waals surface area (Å²) in [5, 5.41) is 19.6. The van der Waals surface area contributed by atoms with Crippen molar-refractivity contribution in [2.24, 2.45) is 0 Å². The van der Waals surface area contributed by atoms with Crippen molar-refractivity contribution < 1.29 is 24.4 Å². The lowest BCUT2D eigenvalue weighted by atomic mass is 10.1. The first-order chi connectivity index (χ1) is 10.1. The van der Waals surface area contributed by atoms with Gasteiger partial charge in [0, 0.05) is 7.11 Å². The van der Waals surface area contributed by atoms with Crippen LogP contribution in [0.5, 0.6) is 5.75 Å². The molecular formula is C16H24O5. The van der Waals surface area contributed by atoms with Crippen molar-refractivity contribution in [2.75, 3.05) is 26.9 Å². The third kappa shape index (κ3) is 4.68. The number of rotatable bonds is 8. The first kappa shape index (κ1) is 16.2. The van der Waals surface area contributed by atoms with Gasteiger partial charge in [0.25, 0.3) is 0 Å². The van der Waals surface area contributed by atoms with Crippen molar-refractivity contribution in [2.45, 2.75) is 38.1 Å². The van der Waals surface area contributed by atoms with E-state index in [-0.39, 0.29) is 25.4 Å². The summed E-state index contributed by atoms with van der Waals surface area (Å²) in [6.45, 7) is 2.79. The average Bonchev–Trinajstić information content (AvgIpc) is 2.84. The molecule has 2 unspecified atom stereocenters. The number of hydrogen-bond acceptors (Lipinski definition) is 5.